The third-order valence-corrected chi connectivity index (χ3v) is 1.31. The summed E-state index contributed by atoms with van der Waals surface area (Å²) >= 11 is 0. The molecule has 4 nitrogen and oxygen atoms in total. The molecule has 1 N–H and O–H groups in total. The van der Waals surface area contributed by atoms with Crippen molar-refractivity contribution >= 4 is 5.97 Å². The first-order chi connectivity index (χ1) is 5.22. The highest BCUT2D eigenvalue weighted by Crippen LogP contribution is 1.84. The van der Waals surface area contributed by atoms with Crippen LogP contribution in [0.5, 0.6) is 0 Å². The Morgan fingerprint density at radius 3 is 2.64 bits per heavy atom. The zero-order chi connectivity index (χ0) is 8.69. The number of methoxy groups -OCH3 is 2. The number of carbonyl (C=O) groups is 1. The van der Waals surface area contributed by atoms with Crippen molar-refractivity contribution in [1.82, 2.24) is 5.32 Å². The van der Waals surface area contributed by atoms with Gasteiger partial charge >= 0.3 is 5.97 Å². The van der Waals surface area contributed by atoms with Gasteiger partial charge in [-0.1, -0.05) is 0 Å². The van der Waals surface area contributed by atoms with Crippen LogP contribution in [-0.4, -0.2) is 39.4 Å². The Hall–Kier alpha value is -0.610. The smallest absolute Gasteiger partial charge is 0.322 e. The quantitative estimate of drug-likeness (QED) is 0.447. The molecule has 0 aliphatic rings. The van der Waals surface area contributed by atoms with Gasteiger partial charge in [-0.15, -0.1) is 0 Å². The van der Waals surface area contributed by atoms with E-state index in [0.717, 1.165) is 0 Å². The zero-order valence-corrected chi connectivity index (χ0v) is 7.22. The van der Waals surface area contributed by atoms with Crippen molar-refractivity contribution < 1.29 is 14.3 Å². The molecule has 0 saturated heterocycles. The summed E-state index contributed by atoms with van der Waals surface area (Å²) in [6.07, 6.45) is 0. The minimum atomic E-state index is -0.254. The minimum Gasteiger partial charge on any atom is -0.468 e. The van der Waals surface area contributed by atoms with E-state index >= 15 is 0 Å². The van der Waals surface area contributed by atoms with Gasteiger partial charge in [-0.3, -0.25) is 4.79 Å². The number of rotatable bonds is 5. The van der Waals surface area contributed by atoms with E-state index < -0.39 is 0 Å². The molecule has 0 amide bonds. The molecule has 0 rings (SSSR count). The van der Waals surface area contributed by atoms with Gasteiger partial charge in [-0.25, -0.2) is 0 Å². The lowest BCUT2D eigenvalue weighted by Crippen LogP contribution is -2.36. The van der Waals surface area contributed by atoms with Gasteiger partial charge < -0.3 is 14.8 Å². The molecule has 0 aliphatic heterocycles. The van der Waals surface area contributed by atoms with E-state index in [0.29, 0.717) is 13.2 Å². The number of hydrogen-bond acceptors (Lipinski definition) is 4. The van der Waals surface area contributed by atoms with Crippen LogP contribution in [0.25, 0.3) is 0 Å². The fourth-order valence-electron chi connectivity index (χ4n) is 0.638. The number of ether oxygens (including phenoxy) is 2. The molecule has 1 atom stereocenters. The van der Waals surface area contributed by atoms with Crippen LogP contribution in [0.15, 0.2) is 0 Å². The van der Waals surface area contributed by atoms with Gasteiger partial charge in [0.1, 0.15) is 6.04 Å². The van der Waals surface area contributed by atoms with Gasteiger partial charge in [0.25, 0.3) is 0 Å². The normalized spacial score (nSPS) is 12.6. The van der Waals surface area contributed by atoms with Crippen molar-refractivity contribution in [2.24, 2.45) is 0 Å². The predicted octanol–water partition coefficient (Wildman–Crippen LogP) is -0.216. The van der Waals surface area contributed by atoms with E-state index in [-0.39, 0.29) is 12.0 Å². The Bertz CT molecular complexity index is 116. The Balaban J connectivity index is 3.36. The maximum Gasteiger partial charge on any atom is 0.322 e. The molecule has 4 heteroatoms. The van der Waals surface area contributed by atoms with E-state index in [4.69, 9.17) is 4.74 Å². The number of esters is 1. The summed E-state index contributed by atoms with van der Waals surface area (Å²) in [5.41, 5.74) is 0. The van der Waals surface area contributed by atoms with Gasteiger partial charge in [-0.05, 0) is 6.92 Å². The Labute approximate surface area is 66.9 Å². The van der Waals surface area contributed by atoms with Crippen LogP contribution in [0.4, 0.5) is 0 Å². The van der Waals surface area contributed by atoms with Gasteiger partial charge in [-0.2, -0.15) is 0 Å². The molecule has 0 heterocycles. The first-order valence-electron chi connectivity index (χ1n) is 3.52. The molecule has 0 radical (unpaired) electrons. The lowest BCUT2D eigenvalue weighted by molar-refractivity contribution is -0.142. The SMILES string of the molecule is COCCNC(C)C(=O)OC. The first kappa shape index (κ1) is 10.4. The Morgan fingerprint density at radius 2 is 2.18 bits per heavy atom. The van der Waals surface area contributed by atoms with Crippen molar-refractivity contribution in [2.45, 2.75) is 13.0 Å². The second kappa shape index (κ2) is 6.12. The van der Waals surface area contributed by atoms with Crippen LogP contribution in [0.3, 0.4) is 0 Å². The standard InChI is InChI=1S/C7H15NO3/c1-6(7(9)11-3)8-4-5-10-2/h6,8H,4-5H2,1-3H3. The highest BCUT2D eigenvalue weighted by Gasteiger charge is 2.10. The molecule has 0 saturated carbocycles. The summed E-state index contributed by atoms with van der Waals surface area (Å²) in [5, 5.41) is 2.93. The fraction of sp³-hybridized carbons (Fsp3) is 0.857. The Kier molecular flexibility index (Phi) is 5.78. The topological polar surface area (TPSA) is 47.6 Å². The van der Waals surface area contributed by atoms with E-state index in [1.165, 1.54) is 7.11 Å². The number of carbonyl (C=O) groups excluding carboxylic acids is 1. The lowest BCUT2D eigenvalue weighted by atomic mass is 10.3. The van der Waals surface area contributed by atoms with Crippen LogP contribution in [-0.2, 0) is 14.3 Å². The van der Waals surface area contributed by atoms with E-state index in [2.05, 4.69) is 10.1 Å². The van der Waals surface area contributed by atoms with Crippen molar-refractivity contribution in [3.05, 3.63) is 0 Å². The van der Waals surface area contributed by atoms with Crippen molar-refractivity contribution in [3.63, 3.8) is 0 Å². The predicted molar refractivity (Wildman–Crippen MR) is 41.4 cm³/mol. The number of nitrogens with one attached hydrogen (secondary N) is 1. The lowest BCUT2D eigenvalue weighted by Gasteiger charge is -2.09. The molecule has 0 fully saturated rings. The number of hydrogen-bond donors (Lipinski definition) is 1. The second-order valence-electron chi connectivity index (χ2n) is 2.19. The van der Waals surface area contributed by atoms with E-state index in [9.17, 15) is 4.79 Å². The summed E-state index contributed by atoms with van der Waals surface area (Å²) in [5.74, 6) is -0.249. The van der Waals surface area contributed by atoms with E-state index in [1.54, 1.807) is 14.0 Å². The van der Waals surface area contributed by atoms with Crippen molar-refractivity contribution in [2.75, 3.05) is 27.4 Å². The molecular formula is C7H15NO3. The molecule has 0 aromatic heterocycles. The molecule has 11 heavy (non-hydrogen) atoms. The summed E-state index contributed by atoms with van der Waals surface area (Å²) in [6.45, 7) is 3.01. The molecular weight excluding hydrogens is 146 g/mol. The average Bonchev–Trinajstić information content (AvgIpc) is 2.03. The highest BCUT2D eigenvalue weighted by atomic mass is 16.5. The second-order valence-corrected chi connectivity index (χ2v) is 2.19. The van der Waals surface area contributed by atoms with Gasteiger partial charge in [0, 0.05) is 13.7 Å². The van der Waals surface area contributed by atoms with Gasteiger partial charge in [0.05, 0.1) is 13.7 Å². The van der Waals surface area contributed by atoms with Crippen LogP contribution in [0, 0.1) is 0 Å². The summed E-state index contributed by atoms with van der Waals surface area (Å²) in [6, 6.07) is -0.254. The van der Waals surface area contributed by atoms with Crippen LogP contribution in [0.1, 0.15) is 6.92 Å². The van der Waals surface area contributed by atoms with E-state index in [1.807, 2.05) is 0 Å². The summed E-state index contributed by atoms with van der Waals surface area (Å²) < 4.78 is 9.29. The third kappa shape index (κ3) is 4.75. The van der Waals surface area contributed by atoms with Crippen LogP contribution >= 0.6 is 0 Å². The van der Waals surface area contributed by atoms with Crippen molar-refractivity contribution in [1.29, 1.82) is 0 Å². The molecule has 0 aliphatic carbocycles. The first-order valence-corrected chi connectivity index (χ1v) is 3.52. The molecule has 0 aromatic rings. The third-order valence-electron chi connectivity index (χ3n) is 1.31. The Morgan fingerprint density at radius 1 is 1.55 bits per heavy atom. The van der Waals surface area contributed by atoms with Crippen LogP contribution in [0.2, 0.25) is 0 Å². The van der Waals surface area contributed by atoms with Gasteiger partial charge in [0.15, 0.2) is 0 Å². The molecule has 1 unspecified atom stereocenters. The zero-order valence-electron chi connectivity index (χ0n) is 7.22. The fourth-order valence-corrected chi connectivity index (χ4v) is 0.638. The van der Waals surface area contributed by atoms with Crippen molar-refractivity contribution in [3.8, 4) is 0 Å². The summed E-state index contributed by atoms with van der Waals surface area (Å²) in [4.78, 5) is 10.8. The highest BCUT2D eigenvalue weighted by molar-refractivity contribution is 5.74. The molecule has 0 spiro atoms. The maximum absolute atomic E-state index is 10.8. The summed E-state index contributed by atoms with van der Waals surface area (Å²) in [7, 11) is 2.99. The molecule has 0 aromatic carbocycles. The molecule has 0 bridgehead atoms. The maximum atomic E-state index is 10.8. The molecule has 66 valence electrons. The van der Waals surface area contributed by atoms with Crippen LogP contribution < -0.4 is 5.32 Å². The van der Waals surface area contributed by atoms with Gasteiger partial charge in [0.2, 0.25) is 0 Å². The minimum absolute atomic E-state index is 0.249. The largest absolute Gasteiger partial charge is 0.468 e. The monoisotopic (exact) mass is 161 g/mol. The average molecular weight is 161 g/mol.